The van der Waals surface area contributed by atoms with E-state index in [9.17, 15) is 4.79 Å². The van der Waals surface area contributed by atoms with Gasteiger partial charge in [-0.25, -0.2) is 0 Å². The number of amides is 1. The van der Waals surface area contributed by atoms with E-state index in [1.54, 1.807) is 48.3 Å². The van der Waals surface area contributed by atoms with Crippen LogP contribution in [-0.4, -0.2) is 20.8 Å². The number of rotatable bonds is 7. The van der Waals surface area contributed by atoms with Gasteiger partial charge in [0.25, 0.3) is 5.91 Å². The molecule has 2 aromatic heterocycles. The summed E-state index contributed by atoms with van der Waals surface area (Å²) in [5, 5.41) is 14.1. The molecule has 0 spiro atoms. The summed E-state index contributed by atoms with van der Waals surface area (Å²) in [5.41, 5.74) is 2.45. The molecule has 3 aromatic carbocycles. The van der Waals surface area contributed by atoms with E-state index < -0.39 is 5.91 Å². The van der Waals surface area contributed by atoms with Gasteiger partial charge in [0, 0.05) is 11.2 Å². The zero-order valence-electron chi connectivity index (χ0n) is 18.4. The first-order chi connectivity index (χ1) is 16.6. The summed E-state index contributed by atoms with van der Waals surface area (Å²) < 4.78 is 12.8. The van der Waals surface area contributed by atoms with E-state index >= 15 is 0 Å². The number of nitrogens with one attached hydrogen (secondary N) is 1. The van der Waals surface area contributed by atoms with Crippen molar-refractivity contribution in [3.05, 3.63) is 107 Å². The van der Waals surface area contributed by atoms with Gasteiger partial charge in [-0.1, -0.05) is 65.3 Å². The lowest BCUT2D eigenvalue weighted by molar-refractivity contribution is 0.101. The van der Waals surface area contributed by atoms with E-state index in [-0.39, 0.29) is 12.3 Å². The molecule has 0 atom stereocenters. The summed E-state index contributed by atoms with van der Waals surface area (Å²) in [5.74, 6) is 0.708. The molecular weight excluding hydrogens is 452 g/mol. The summed E-state index contributed by atoms with van der Waals surface area (Å²) in [6, 6.07) is 21.5. The highest BCUT2D eigenvalue weighted by Gasteiger charge is 2.21. The number of ether oxygens (including phenoxy) is 1. The van der Waals surface area contributed by atoms with Crippen molar-refractivity contribution in [2.45, 2.75) is 20.1 Å². The second kappa shape index (κ2) is 9.41. The lowest BCUT2D eigenvalue weighted by Crippen LogP contribution is -2.15. The highest BCUT2D eigenvalue weighted by atomic mass is 35.5. The van der Waals surface area contributed by atoms with Gasteiger partial charge >= 0.3 is 0 Å². The van der Waals surface area contributed by atoms with Crippen molar-refractivity contribution in [2.75, 3.05) is 5.32 Å². The predicted octanol–water partition coefficient (Wildman–Crippen LogP) is 5.87. The number of aryl methyl sites for hydroxylation is 1. The van der Waals surface area contributed by atoms with Crippen LogP contribution in [0.5, 0.6) is 5.75 Å². The zero-order chi connectivity index (χ0) is 23.5. The first kappa shape index (κ1) is 21.7. The van der Waals surface area contributed by atoms with Crippen molar-refractivity contribution in [2.24, 2.45) is 0 Å². The number of carbonyl (C=O) groups is 1. The van der Waals surface area contributed by atoms with Crippen molar-refractivity contribution < 1.29 is 14.1 Å². The van der Waals surface area contributed by atoms with Gasteiger partial charge in [-0.2, -0.15) is 5.10 Å². The zero-order valence-corrected chi connectivity index (χ0v) is 19.1. The third kappa shape index (κ3) is 4.65. The van der Waals surface area contributed by atoms with Crippen LogP contribution >= 0.6 is 11.6 Å². The minimum atomic E-state index is -0.397. The number of carbonyl (C=O) groups excluding carboxylic acids is 1. The standard InChI is InChI=1S/C26H21ClN4O3/c1-17-24(16-33-22-10-5-9-20(27)12-22)25(30-34-17)26(32)29-21-13-28-31(15-21)14-19-8-4-7-18-6-2-3-11-23(18)19/h2-13,15H,14,16H2,1H3,(H,29,32). The van der Waals surface area contributed by atoms with Crippen molar-refractivity contribution in [1.82, 2.24) is 14.9 Å². The molecular formula is C26H21ClN4O3. The number of hydrogen-bond donors (Lipinski definition) is 1. The maximum absolute atomic E-state index is 12.9. The third-order valence-corrected chi connectivity index (χ3v) is 5.72. The monoisotopic (exact) mass is 472 g/mol. The van der Waals surface area contributed by atoms with Crippen LogP contribution in [0, 0.1) is 6.92 Å². The second-order valence-corrected chi connectivity index (χ2v) is 8.27. The Morgan fingerprint density at radius 1 is 1.12 bits per heavy atom. The van der Waals surface area contributed by atoms with Crippen LogP contribution in [0.2, 0.25) is 5.02 Å². The van der Waals surface area contributed by atoms with Crippen molar-refractivity contribution in [3.8, 4) is 5.75 Å². The van der Waals surface area contributed by atoms with Crippen LogP contribution in [0.25, 0.3) is 10.8 Å². The molecule has 5 rings (SSSR count). The van der Waals surface area contributed by atoms with Crippen LogP contribution in [0.4, 0.5) is 5.69 Å². The second-order valence-electron chi connectivity index (χ2n) is 7.83. The van der Waals surface area contributed by atoms with E-state index in [0.717, 1.165) is 5.56 Å². The lowest BCUT2D eigenvalue weighted by atomic mass is 10.0. The van der Waals surface area contributed by atoms with E-state index in [4.69, 9.17) is 20.9 Å². The molecule has 5 aromatic rings. The first-order valence-electron chi connectivity index (χ1n) is 10.7. The summed E-state index contributed by atoms with van der Waals surface area (Å²) in [6.45, 7) is 2.44. The Morgan fingerprint density at radius 2 is 1.94 bits per heavy atom. The lowest BCUT2D eigenvalue weighted by Gasteiger charge is -2.07. The summed E-state index contributed by atoms with van der Waals surface area (Å²) in [4.78, 5) is 12.9. The number of fused-ring (bicyclic) bond motifs is 1. The van der Waals surface area contributed by atoms with Crippen LogP contribution in [0.1, 0.15) is 27.4 Å². The van der Waals surface area contributed by atoms with E-state index in [2.05, 4.69) is 39.8 Å². The predicted molar refractivity (Wildman–Crippen MR) is 130 cm³/mol. The van der Waals surface area contributed by atoms with Gasteiger partial charge in [0.2, 0.25) is 0 Å². The van der Waals surface area contributed by atoms with E-state index in [0.29, 0.717) is 34.3 Å². The smallest absolute Gasteiger partial charge is 0.278 e. The van der Waals surface area contributed by atoms with Gasteiger partial charge in [0.1, 0.15) is 18.1 Å². The number of benzene rings is 3. The van der Waals surface area contributed by atoms with Gasteiger partial charge in [-0.05, 0) is 41.5 Å². The Bertz CT molecular complexity index is 1470. The Balaban J connectivity index is 1.28. The molecule has 2 heterocycles. The van der Waals surface area contributed by atoms with Crippen LogP contribution in [0.3, 0.4) is 0 Å². The first-order valence-corrected chi connectivity index (χ1v) is 11.1. The highest BCUT2D eigenvalue weighted by molar-refractivity contribution is 6.30. The molecule has 7 nitrogen and oxygen atoms in total. The number of anilines is 1. The van der Waals surface area contributed by atoms with Crippen LogP contribution < -0.4 is 10.1 Å². The Labute approximate surface area is 200 Å². The molecule has 0 aliphatic carbocycles. The third-order valence-electron chi connectivity index (χ3n) is 5.48. The van der Waals surface area contributed by atoms with Gasteiger partial charge in [-0.3, -0.25) is 9.48 Å². The van der Waals surface area contributed by atoms with Crippen LogP contribution in [0.15, 0.2) is 83.6 Å². The minimum Gasteiger partial charge on any atom is -0.489 e. The Hall–Kier alpha value is -4.10. The Morgan fingerprint density at radius 3 is 2.82 bits per heavy atom. The molecule has 0 fully saturated rings. The molecule has 0 saturated heterocycles. The van der Waals surface area contributed by atoms with Crippen molar-refractivity contribution >= 4 is 34.0 Å². The van der Waals surface area contributed by atoms with Gasteiger partial charge in [-0.15, -0.1) is 0 Å². The average Bonchev–Trinajstić information content (AvgIpc) is 3.44. The number of nitrogens with zero attached hydrogens (tertiary/aromatic N) is 3. The quantitative estimate of drug-likeness (QED) is 0.320. The van der Waals surface area contributed by atoms with Gasteiger partial charge in [0.05, 0.1) is 24.0 Å². The molecule has 8 heteroatoms. The number of hydrogen-bond acceptors (Lipinski definition) is 5. The summed E-state index contributed by atoms with van der Waals surface area (Å²) in [6.07, 6.45) is 3.40. The Kier molecular flexibility index (Phi) is 6.01. The number of aromatic nitrogens is 3. The molecule has 170 valence electrons. The summed E-state index contributed by atoms with van der Waals surface area (Å²) in [7, 11) is 0. The molecule has 0 radical (unpaired) electrons. The fourth-order valence-corrected chi connectivity index (χ4v) is 3.94. The highest BCUT2D eigenvalue weighted by Crippen LogP contribution is 2.22. The topological polar surface area (TPSA) is 82.2 Å². The van der Waals surface area contributed by atoms with E-state index in [1.165, 1.54) is 10.8 Å². The summed E-state index contributed by atoms with van der Waals surface area (Å²) >= 11 is 6.01. The average molecular weight is 473 g/mol. The van der Waals surface area contributed by atoms with Crippen molar-refractivity contribution in [1.29, 1.82) is 0 Å². The molecule has 0 aliphatic rings. The maximum atomic E-state index is 12.9. The molecule has 34 heavy (non-hydrogen) atoms. The SMILES string of the molecule is Cc1onc(C(=O)Nc2cnn(Cc3cccc4ccccc34)c2)c1COc1cccc(Cl)c1. The molecule has 0 bridgehead atoms. The maximum Gasteiger partial charge on any atom is 0.278 e. The fourth-order valence-electron chi connectivity index (χ4n) is 3.76. The van der Waals surface area contributed by atoms with Crippen LogP contribution in [-0.2, 0) is 13.2 Å². The molecule has 0 saturated carbocycles. The minimum absolute atomic E-state index is 0.124. The number of halogens is 1. The van der Waals surface area contributed by atoms with Gasteiger partial charge in [0.15, 0.2) is 5.69 Å². The largest absolute Gasteiger partial charge is 0.489 e. The fraction of sp³-hybridized carbons (Fsp3) is 0.115. The van der Waals surface area contributed by atoms with E-state index in [1.807, 2.05) is 18.2 Å². The molecule has 0 aliphatic heterocycles. The molecule has 1 N–H and O–H groups in total. The molecule has 1 amide bonds. The normalized spacial score (nSPS) is 11.0. The van der Waals surface area contributed by atoms with Crippen molar-refractivity contribution in [3.63, 3.8) is 0 Å². The molecule has 0 unspecified atom stereocenters. The van der Waals surface area contributed by atoms with Gasteiger partial charge < -0.3 is 14.6 Å².